The number of anilines is 1. The molecule has 1 aromatic heterocycles. The smallest absolute Gasteiger partial charge is 0.145 e. The summed E-state index contributed by atoms with van der Waals surface area (Å²) in [4.78, 5) is 4.69. The molecule has 1 aliphatic heterocycles. The summed E-state index contributed by atoms with van der Waals surface area (Å²) in [7, 11) is 1.65. The maximum Gasteiger partial charge on any atom is 0.145 e. The van der Waals surface area contributed by atoms with Crippen molar-refractivity contribution >= 4 is 16.6 Å². The first-order chi connectivity index (χ1) is 8.85. The summed E-state index contributed by atoms with van der Waals surface area (Å²) in [5, 5.41) is 0.959. The Morgan fingerprint density at radius 2 is 2.33 bits per heavy atom. The van der Waals surface area contributed by atoms with Crippen LogP contribution in [0.4, 0.5) is 5.69 Å². The molecule has 0 bridgehead atoms. The minimum absolute atomic E-state index is 0.551. The van der Waals surface area contributed by atoms with Gasteiger partial charge in [-0.2, -0.15) is 0 Å². The lowest BCUT2D eigenvalue weighted by atomic mass is 10.0. The summed E-state index contributed by atoms with van der Waals surface area (Å²) in [6.07, 6.45) is 0.804. The van der Waals surface area contributed by atoms with Gasteiger partial charge < -0.3 is 14.9 Å². The first-order valence-corrected chi connectivity index (χ1v) is 5.88. The molecule has 94 valence electrons. The van der Waals surface area contributed by atoms with Crippen molar-refractivity contribution in [2.24, 2.45) is 5.84 Å². The predicted molar refractivity (Wildman–Crippen MR) is 69.5 cm³/mol. The molecule has 5 nitrogen and oxygen atoms in total. The number of hydrogen-bond acceptors (Lipinski definition) is 5. The standard InChI is InChI=1S/C13H15N3O2/c1-17-11-4-2-3-8-12(16-14)9-7-18-6-5-10(9)15-13(8)11/h2-4H,5-7,14H2,1H3,(H,15,16). The fraction of sp³-hybridized carbons (Fsp3) is 0.308. The molecule has 3 N–H and O–H groups in total. The average molecular weight is 245 g/mol. The lowest BCUT2D eigenvalue weighted by molar-refractivity contribution is 0.110. The molecule has 2 heterocycles. The van der Waals surface area contributed by atoms with E-state index in [4.69, 9.17) is 20.3 Å². The Hall–Kier alpha value is -1.85. The predicted octanol–water partition coefficient (Wildman–Crippen LogP) is 1.60. The molecular weight excluding hydrogens is 230 g/mol. The van der Waals surface area contributed by atoms with Crippen molar-refractivity contribution in [1.82, 2.24) is 4.98 Å². The molecule has 0 fully saturated rings. The van der Waals surface area contributed by atoms with Crippen LogP contribution < -0.4 is 16.0 Å². The van der Waals surface area contributed by atoms with Gasteiger partial charge in [0.1, 0.15) is 11.3 Å². The van der Waals surface area contributed by atoms with Gasteiger partial charge in [0, 0.05) is 17.4 Å². The van der Waals surface area contributed by atoms with Crippen molar-refractivity contribution in [3.05, 3.63) is 29.5 Å². The van der Waals surface area contributed by atoms with Gasteiger partial charge in [0.25, 0.3) is 0 Å². The number of nitrogens with zero attached hydrogens (tertiary/aromatic N) is 1. The molecule has 0 saturated carbocycles. The highest BCUT2D eigenvalue weighted by atomic mass is 16.5. The summed E-state index contributed by atoms with van der Waals surface area (Å²) in [5.41, 5.74) is 6.58. The molecule has 5 heteroatoms. The number of benzene rings is 1. The molecular formula is C13H15N3O2. The average Bonchev–Trinajstić information content (AvgIpc) is 2.44. The second-order valence-corrected chi connectivity index (χ2v) is 4.22. The van der Waals surface area contributed by atoms with E-state index >= 15 is 0 Å². The van der Waals surface area contributed by atoms with E-state index in [9.17, 15) is 0 Å². The lowest BCUT2D eigenvalue weighted by Crippen LogP contribution is -2.18. The van der Waals surface area contributed by atoms with Crippen LogP contribution in [0.25, 0.3) is 10.9 Å². The van der Waals surface area contributed by atoms with Gasteiger partial charge in [-0.25, -0.2) is 4.98 Å². The van der Waals surface area contributed by atoms with E-state index in [2.05, 4.69) is 5.43 Å². The second kappa shape index (κ2) is 4.44. The van der Waals surface area contributed by atoms with Crippen LogP contribution in [0.1, 0.15) is 11.3 Å². The van der Waals surface area contributed by atoms with E-state index in [-0.39, 0.29) is 0 Å². The monoisotopic (exact) mass is 245 g/mol. The fourth-order valence-corrected chi connectivity index (χ4v) is 2.38. The molecule has 0 spiro atoms. The Kier molecular flexibility index (Phi) is 2.77. The number of nitrogens with one attached hydrogen (secondary N) is 1. The molecule has 18 heavy (non-hydrogen) atoms. The summed E-state index contributed by atoms with van der Waals surface area (Å²) >= 11 is 0. The van der Waals surface area contributed by atoms with Crippen LogP contribution in [-0.4, -0.2) is 18.7 Å². The molecule has 0 atom stereocenters. The molecule has 0 amide bonds. The normalized spacial score (nSPS) is 14.3. The third-order valence-electron chi connectivity index (χ3n) is 3.26. The van der Waals surface area contributed by atoms with Crippen LogP contribution in [0.2, 0.25) is 0 Å². The maximum absolute atomic E-state index is 5.66. The number of aromatic nitrogens is 1. The number of hydrogen-bond donors (Lipinski definition) is 2. The van der Waals surface area contributed by atoms with Gasteiger partial charge in [-0.3, -0.25) is 5.84 Å². The number of methoxy groups -OCH3 is 1. The van der Waals surface area contributed by atoms with Crippen LogP contribution in [-0.2, 0) is 17.8 Å². The van der Waals surface area contributed by atoms with Gasteiger partial charge >= 0.3 is 0 Å². The molecule has 0 saturated heterocycles. The van der Waals surface area contributed by atoms with E-state index in [0.717, 1.165) is 40.0 Å². The topological polar surface area (TPSA) is 69.4 Å². The number of ether oxygens (including phenoxy) is 2. The largest absolute Gasteiger partial charge is 0.494 e. The Morgan fingerprint density at radius 3 is 3.11 bits per heavy atom. The SMILES string of the molecule is COc1cccc2c(NN)c3c(nc12)CCOC3. The quantitative estimate of drug-likeness (QED) is 0.621. The second-order valence-electron chi connectivity index (χ2n) is 4.22. The maximum atomic E-state index is 5.66. The first-order valence-electron chi connectivity index (χ1n) is 5.88. The molecule has 0 aliphatic carbocycles. The van der Waals surface area contributed by atoms with Gasteiger partial charge in [-0.15, -0.1) is 0 Å². The van der Waals surface area contributed by atoms with Crippen LogP contribution in [0.3, 0.4) is 0 Å². The molecule has 2 aromatic rings. The number of hydrazine groups is 1. The third kappa shape index (κ3) is 1.60. The number of nitrogen functional groups attached to an aromatic ring is 1. The Bertz CT molecular complexity index is 598. The Labute approximate surface area is 105 Å². The lowest BCUT2D eigenvalue weighted by Gasteiger charge is -2.21. The molecule has 0 radical (unpaired) electrons. The van der Waals surface area contributed by atoms with E-state index in [1.807, 2.05) is 18.2 Å². The Morgan fingerprint density at radius 1 is 1.44 bits per heavy atom. The number of rotatable bonds is 2. The number of para-hydroxylation sites is 1. The molecule has 0 unspecified atom stereocenters. The van der Waals surface area contributed by atoms with E-state index in [1.54, 1.807) is 7.11 Å². The minimum Gasteiger partial charge on any atom is -0.494 e. The van der Waals surface area contributed by atoms with Crippen molar-refractivity contribution in [3.63, 3.8) is 0 Å². The molecule has 1 aromatic carbocycles. The van der Waals surface area contributed by atoms with Crippen molar-refractivity contribution in [2.45, 2.75) is 13.0 Å². The number of fused-ring (bicyclic) bond motifs is 2. The fourth-order valence-electron chi connectivity index (χ4n) is 2.38. The van der Waals surface area contributed by atoms with Gasteiger partial charge in [-0.1, -0.05) is 12.1 Å². The highest BCUT2D eigenvalue weighted by Crippen LogP contribution is 2.34. The van der Waals surface area contributed by atoms with E-state index in [1.165, 1.54) is 0 Å². The zero-order valence-corrected chi connectivity index (χ0v) is 10.2. The van der Waals surface area contributed by atoms with Crippen LogP contribution in [0.5, 0.6) is 5.75 Å². The summed E-state index contributed by atoms with van der Waals surface area (Å²) < 4.78 is 10.8. The van der Waals surface area contributed by atoms with Crippen LogP contribution in [0.15, 0.2) is 18.2 Å². The first kappa shape index (κ1) is 11.3. The van der Waals surface area contributed by atoms with Gasteiger partial charge in [0.2, 0.25) is 0 Å². The van der Waals surface area contributed by atoms with Crippen molar-refractivity contribution in [2.75, 3.05) is 19.1 Å². The number of pyridine rings is 1. The molecule has 3 rings (SSSR count). The zero-order valence-electron chi connectivity index (χ0n) is 10.2. The van der Waals surface area contributed by atoms with Crippen LogP contribution >= 0.6 is 0 Å². The van der Waals surface area contributed by atoms with Crippen molar-refractivity contribution in [1.29, 1.82) is 0 Å². The highest BCUT2D eigenvalue weighted by Gasteiger charge is 2.19. The van der Waals surface area contributed by atoms with Gasteiger partial charge in [0.05, 0.1) is 31.7 Å². The van der Waals surface area contributed by atoms with Crippen molar-refractivity contribution < 1.29 is 9.47 Å². The minimum atomic E-state index is 0.551. The van der Waals surface area contributed by atoms with Gasteiger partial charge in [-0.05, 0) is 6.07 Å². The van der Waals surface area contributed by atoms with Gasteiger partial charge in [0.15, 0.2) is 0 Å². The van der Waals surface area contributed by atoms with E-state index in [0.29, 0.717) is 13.2 Å². The van der Waals surface area contributed by atoms with E-state index < -0.39 is 0 Å². The molecule has 1 aliphatic rings. The van der Waals surface area contributed by atoms with Crippen molar-refractivity contribution in [3.8, 4) is 5.75 Å². The third-order valence-corrected chi connectivity index (χ3v) is 3.26. The summed E-state index contributed by atoms with van der Waals surface area (Å²) in [6, 6.07) is 5.82. The Balaban J connectivity index is 2.36. The highest BCUT2D eigenvalue weighted by molar-refractivity contribution is 5.96. The number of nitrogens with two attached hydrogens (primary N) is 1. The summed E-state index contributed by atoms with van der Waals surface area (Å²) in [6.45, 7) is 1.25. The zero-order chi connectivity index (χ0) is 12.5. The summed E-state index contributed by atoms with van der Waals surface area (Å²) in [5.74, 6) is 6.42. The van der Waals surface area contributed by atoms with Crippen LogP contribution in [0, 0.1) is 0 Å².